The number of rotatable bonds is 3. The fraction of sp³-hybridized carbons (Fsp3) is 0.550. The van der Waals surface area contributed by atoms with Crippen molar-refractivity contribution in [2.24, 2.45) is 5.92 Å². The molecule has 2 fully saturated rings. The number of amides is 1. The van der Waals surface area contributed by atoms with Gasteiger partial charge in [0.25, 0.3) is 5.91 Å². The molecular formula is C20H27N7O. The molecule has 2 aliphatic rings. The normalized spacial score (nSPS) is 20.4. The van der Waals surface area contributed by atoms with Gasteiger partial charge >= 0.3 is 0 Å². The van der Waals surface area contributed by atoms with Gasteiger partial charge in [-0.15, -0.1) is 0 Å². The molecule has 8 heteroatoms. The molecule has 0 bridgehead atoms. The molecule has 4 heterocycles. The first-order chi connectivity index (χ1) is 13.6. The van der Waals surface area contributed by atoms with Gasteiger partial charge < -0.3 is 14.7 Å². The second-order valence-electron chi connectivity index (χ2n) is 7.68. The summed E-state index contributed by atoms with van der Waals surface area (Å²) in [5.41, 5.74) is 0.505. The van der Waals surface area contributed by atoms with Crippen LogP contribution in [0.15, 0.2) is 24.5 Å². The van der Waals surface area contributed by atoms with Crippen LogP contribution in [0.2, 0.25) is 0 Å². The number of piperazine rings is 1. The van der Waals surface area contributed by atoms with E-state index in [2.05, 4.69) is 36.7 Å². The summed E-state index contributed by atoms with van der Waals surface area (Å²) in [6.45, 7) is 8.94. The van der Waals surface area contributed by atoms with Crippen molar-refractivity contribution in [3.63, 3.8) is 0 Å². The zero-order chi connectivity index (χ0) is 19.5. The number of aryl methyl sites for hydroxylation is 1. The Hall–Kier alpha value is -2.77. The maximum Gasteiger partial charge on any atom is 0.272 e. The Balaban J connectivity index is 1.46. The highest BCUT2D eigenvalue weighted by Gasteiger charge is 2.25. The summed E-state index contributed by atoms with van der Waals surface area (Å²) < 4.78 is 0. The van der Waals surface area contributed by atoms with Crippen molar-refractivity contribution in [1.82, 2.24) is 24.8 Å². The maximum absolute atomic E-state index is 13.0. The van der Waals surface area contributed by atoms with E-state index < -0.39 is 0 Å². The van der Waals surface area contributed by atoms with Crippen LogP contribution in [0.3, 0.4) is 0 Å². The predicted molar refractivity (Wildman–Crippen MR) is 108 cm³/mol. The van der Waals surface area contributed by atoms with Gasteiger partial charge in [0, 0.05) is 57.7 Å². The van der Waals surface area contributed by atoms with E-state index in [9.17, 15) is 4.79 Å². The van der Waals surface area contributed by atoms with E-state index >= 15 is 0 Å². The fourth-order valence-electron chi connectivity index (χ4n) is 3.95. The Labute approximate surface area is 165 Å². The number of nitrogens with zero attached hydrogens (tertiary/aromatic N) is 7. The molecule has 0 aliphatic carbocycles. The number of carbonyl (C=O) groups is 1. The van der Waals surface area contributed by atoms with Crippen LogP contribution >= 0.6 is 0 Å². The van der Waals surface area contributed by atoms with Crippen molar-refractivity contribution in [3.8, 4) is 0 Å². The number of piperidine rings is 1. The highest BCUT2D eigenvalue weighted by Crippen LogP contribution is 2.21. The lowest BCUT2D eigenvalue weighted by molar-refractivity contribution is 0.0676. The SMILES string of the molecule is Cc1nc(C(=O)N2CCCC(C)C2)cc(N2CCN(c3ncccn3)CC2)n1. The van der Waals surface area contributed by atoms with Crippen LogP contribution in [-0.2, 0) is 0 Å². The van der Waals surface area contributed by atoms with Crippen LogP contribution in [0.25, 0.3) is 0 Å². The Kier molecular flexibility index (Phi) is 5.36. The number of likely N-dealkylation sites (tertiary alicyclic amines) is 1. The Morgan fingerprint density at radius 3 is 2.46 bits per heavy atom. The van der Waals surface area contributed by atoms with E-state index in [1.54, 1.807) is 12.4 Å². The molecule has 4 rings (SSSR count). The third-order valence-corrected chi connectivity index (χ3v) is 5.43. The summed E-state index contributed by atoms with van der Waals surface area (Å²) in [4.78, 5) is 37.0. The number of hydrogen-bond acceptors (Lipinski definition) is 7. The first-order valence-corrected chi connectivity index (χ1v) is 10.0. The standard InChI is InChI=1S/C20H27N7O/c1-15-5-3-8-27(14-15)19(28)17-13-18(24-16(2)23-17)25-9-11-26(12-10-25)20-21-6-4-7-22-20/h4,6-7,13,15H,3,5,8-12,14H2,1-2H3. The van der Waals surface area contributed by atoms with Gasteiger partial charge in [-0.3, -0.25) is 4.79 Å². The summed E-state index contributed by atoms with van der Waals surface area (Å²) in [5, 5.41) is 0. The van der Waals surface area contributed by atoms with Gasteiger partial charge in [-0.05, 0) is 31.7 Å². The van der Waals surface area contributed by atoms with Gasteiger partial charge in [0.05, 0.1) is 0 Å². The maximum atomic E-state index is 13.0. The van der Waals surface area contributed by atoms with Crippen molar-refractivity contribution in [2.45, 2.75) is 26.7 Å². The number of anilines is 2. The van der Waals surface area contributed by atoms with Crippen molar-refractivity contribution in [2.75, 3.05) is 49.1 Å². The molecule has 0 aromatic carbocycles. The third-order valence-electron chi connectivity index (χ3n) is 5.43. The lowest BCUT2D eigenvalue weighted by atomic mass is 10.00. The summed E-state index contributed by atoms with van der Waals surface area (Å²) in [7, 11) is 0. The third kappa shape index (κ3) is 4.05. The van der Waals surface area contributed by atoms with Gasteiger partial charge in [0.15, 0.2) is 0 Å². The van der Waals surface area contributed by atoms with Crippen molar-refractivity contribution in [1.29, 1.82) is 0 Å². The lowest BCUT2D eigenvalue weighted by Crippen LogP contribution is -2.47. The van der Waals surface area contributed by atoms with Gasteiger partial charge in [-0.1, -0.05) is 6.92 Å². The predicted octanol–water partition coefficient (Wildman–Crippen LogP) is 1.77. The molecule has 1 unspecified atom stereocenters. The Bertz CT molecular complexity index is 821. The summed E-state index contributed by atoms with van der Waals surface area (Å²) in [5.74, 6) is 2.80. The smallest absolute Gasteiger partial charge is 0.272 e. The molecule has 0 spiro atoms. The molecule has 0 N–H and O–H groups in total. The van der Waals surface area contributed by atoms with Crippen LogP contribution in [0, 0.1) is 12.8 Å². The number of hydrogen-bond donors (Lipinski definition) is 0. The van der Waals surface area contributed by atoms with Crippen molar-refractivity contribution < 1.29 is 4.79 Å². The number of aromatic nitrogens is 4. The zero-order valence-corrected chi connectivity index (χ0v) is 16.6. The van der Waals surface area contributed by atoms with E-state index in [1.165, 1.54) is 6.42 Å². The zero-order valence-electron chi connectivity index (χ0n) is 16.6. The average Bonchev–Trinajstić information content (AvgIpc) is 2.73. The van der Waals surface area contributed by atoms with Crippen LogP contribution in [0.1, 0.15) is 36.1 Å². The van der Waals surface area contributed by atoms with E-state index in [-0.39, 0.29) is 5.91 Å². The molecule has 2 aromatic rings. The average molecular weight is 381 g/mol. The monoisotopic (exact) mass is 381 g/mol. The van der Waals surface area contributed by atoms with E-state index in [4.69, 9.17) is 0 Å². The first kappa shape index (κ1) is 18.6. The van der Waals surface area contributed by atoms with Crippen molar-refractivity contribution in [3.05, 3.63) is 36.0 Å². The Morgan fingerprint density at radius 1 is 1.04 bits per heavy atom. The second kappa shape index (κ2) is 8.08. The second-order valence-corrected chi connectivity index (χ2v) is 7.68. The lowest BCUT2D eigenvalue weighted by Gasteiger charge is -2.35. The molecule has 148 valence electrons. The Morgan fingerprint density at radius 2 is 1.75 bits per heavy atom. The highest BCUT2D eigenvalue weighted by molar-refractivity contribution is 5.93. The first-order valence-electron chi connectivity index (χ1n) is 10.0. The number of carbonyl (C=O) groups excluding carboxylic acids is 1. The van der Waals surface area contributed by atoms with Gasteiger partial charge in [-0.2, -0.15) is 0 Å². The summed E-state index contributed by atoms with van der Waals surface area (Å²) in [6.07, 6.45) is 5.78. The molecule has 1 amide bonds. The molecule has 8 nitrogen and oxygen atoms in total. The minimum Gasteiger partial charge on any atom is -0.353 e. The molecule has 0 radical (unpaired) electrons. The van der Waals surface area contributed by atoms with Crippen LogP contribution in [0.5, 0.6) is 0 Å². The molecule has 2 aromatic heterocycles. The molecular weight excluding hydrogens is 354 g/mol. The van der Waals surface area contributed by atoms with Crippen LogP contribution in [0.4, 0.5) is 11.8 Å². The van der Waals surface area contributed by atoms with Crippen molar-refractivity contribution >= 4 is 17.7 Å². The van der Waals surface area contributed by atoms with Crippen LogP contribution < -0.4 is 9.80 Å². The molecule has 2 aliphatic heterocycles. The van der Waals surface area contributed by atoms with Gasteiger partial charge in [-0.25, -0.2) is 19.9 Å². The molecule has 0 saturated carbocycles. The van der Waals surface area contributed by atoms with Crippen LogP contribution in [-0.4, -0.2) is 70.0 Å². The van der Waals surface area contributed by atoms with Gasteiger partial charge in [0.2, 0.25) is 5.95 Å². The minimum atomic E-state index is 0.0228. The molecule has 2 saturated heterocycles. The largest absolute Gasteiger partial charge is 0.353 e. The van der Waals surface area contributed by atoms with E-state index in [1.807, 2.05) is 24.0 Å². The van der Waals surface area contributed by atoms with Gasteiger partial charge in [0.1, 0.15) is 17.3 Å². The van der Waals surface area contributed by atoms with E-state index in [0.717, 1.165) is 57.5 Å². The molecule has 1 atom stereocenters. The quantitative estimate of drug-likeness (QED) is 0.802. The van der Waals surface area contributed by atoms with E-state index in [0.29, 0.717) is 17.4 Å². The fourth-order valence-corrected chi connectivity index (χ4v) is 3.95. The summed E-state index contributed by atoms with van der Waals surface area (Å²) >= 11 is 0. The summed E-state index contributed by atoms with van der Waals surface area (Å²) in [6, 6.07) is 3.67. The topological polar surface area (TPSA) is 78.4 Å². The minimum absolute atomic E-state index is 0.0228. The highest BCUT2D eigenvalue weighted by atomic mass is 16.2. The molecule has 28 heavy (non-hydrogen) atoms.